The van der Waals surface area contributed by atoms with Gasteiger partial charge < -0.3 is 15.0 Å². The molecule has 1 amide bonds. The quantitative estimate of drug-likeness (QED) is 0.746. The Balaban J connectivity index is 1.83. The molecule has 0 bridgehead atoms. The molecule has 21 heavy (non-hydrogen) atoms. The number of piperidine rings is 1. The Labute approximate surface area is 129 Å². The van der Waals surface area contributed by atoms with Crippen LogP contribution in [0, 0.1) is 0 Å². The van der Waals surface area contributed by atoms with Gasteiger partial charge in [-0.3, -0.25) is 9.69 Å². The minimum absolute atomic E-state index is 0.0613. The van der Waals surface area contributed by atoms with Crippen molar-refractivity contribution in [3.63, 3.8) is 0 Å². The first-order valence-corrected chi connectivity index (χ1v) is 8.60. The van der Waals surface area contributed by atoms with Crippen LogP contribution in [0.15, 0.2) is 0 Å². The minimum atomic E-state index is 0.0613. The molecule has 0 aliphatic carbocycles. The molecule has 0 radical (unpaired) electrons. The van der Waals surface area contributed by atoms with Crippen molar-refractivity contribution >= 4 is 5.91 Å². The Morgan fingerprint density at radius 2 is 2.14 bits per heavy atom. The summed E-state index contributed by atoms with van der Waals surface area (Å²) in [4.78, 5) is 17.2. The second-order valence-corrected chi connectivity index (χ2v) is 6.08. The highest BCUT2D eigenvalue weighted by Crippen LogP contribution is 2.16. The van der Waals surface area contributed by atoms with Crippen molar-refractivity contribution in [3.05, 3.63) is 0 Å². The molecule has 2 rings (SSSR count). The molecule has 5 heteroatoms. The van der Waals surface area contributed by atoms with E-state index in [0.29, 0.717) is 11.9 Å². The van der Waals surface area contributed by atoms with Gasteiger partial charge in [0, 0.05) is 38.8 Å². The van der Waals surface area contributed by atoms with Crippen molar-refractivity contribution in [2.75, 3.05) is 45.9 Å². The van der Waals surface area contributed by atoms with Gasteiger partial charge in [0.25, 0.3) is 0 Å². The lowest BCUT2D eigenvalue weighted by atomic mass is 10.0. The first-order chi connectivity index (χ1) is 10.3. The van der Waals surface area contributed by atoms with Crippen LogP contribution in [0.4, 0.5) is 0 Å². The first kappa shape index (κ1) is 16.7. The monoisotopic (exact) mass is 297 g/mol. The van der Waals surface area contributed by atoms with E-state index >= 15 is 0 Å². The number of carbonyl (C=O) groups excluding carboxylic acids is 1. The van der Waals surface area contributed by atoms with Crippen LogP contribution in [0.2, 0.25) is 0 Å². The Morgan fingerprint density at radius 1 is 1.29 bits per heavy atom. The largest absolute Gasteiger partial charge is 0.380 e. The Morgan fingerprint density at radius 3 is 2.81 bits per heavy atom. The van der Waals surface area contributed by atoms with E-state index in [-0.39, 0.29) is 6.04 Å². The van der Waals surface area contributed by atoms with Crippen molar-refractivity contribution in [2.45, 2.75) is 51.6 Å². The van der Waals surface area contributed by atoms with E-state index in [0.717, 1.165) is 58.8 Å². The fourth-order valence-electron chi connectivity index (χ4n) is 3.38. The van der Waals surface area contributed by atoms with Crippen molar-refractivity contribution in [3.8, 4) is 0 Å². The first-order valence-electron chi connectivity index (χ1n) is 8.60. The number of hydrogen-bond acceptors (Lipinski definition) is 4. The predicted octanol–water partition coefficient (Wildman–Crippen LogP) is 1.09. The minimum Gasteiger partial charge on any atom is -0.380 e. The fraction of sp³-hybridized carbons (Fsp3) is 0.938. The third kappa shape index (κ3) is 4.66. The summed E-state index contributed by atoms with van der Waals surface area (Å²) in [6.07, 6.45) is 4.47. The zero-order valence-electron chi connectivity index (χ0n) is 13.6. The van der Waals surface area contributed by atoms with E-state index in [1.165, 1.54) is 12.8 Å². The van der Waals surface area contributed by atoms with Gasteiger partial charge in [-0.25, -0.2) is 0 Å². The third-order valence-corrected chi connectivity index (χ3v) is 4.72. The summed E-state index contributed by atoms with van der Waals surface area (Å²) in [7, 11) is 0. The molecule has 2 saturated heterocycles. The van der Waals surface area contributed by atoms with Gasteiger partial charge in [-0.15, -0.1) is 0 Å². The molecular weight excluding hydrogens is 266 g/mol. The zero-order chi connectivity index (χ0) is 15.1. The topological polar surface area (TPSA) is 44.8 Å². The molecule has 2 fully saturated rings. The standard InChI is InChI=1S/C16H31N3O2/c1-3-14-13-19(10-9-18(14)11-12-21-4-2)16(20)15-7-5-6-8-17-15/h14-15,17H,3-13H2,1-2H3/t14?,15-/m1/s1. The summed E-state index contributed by atoms with van der Waals surface area (Å²) in [6, 6.07) is 0.540. The summed E-state index contributed by atoms with van der Waals surface area (Å²) < 4.78 is 5.47. The summed E-state index contributed by atoms with van der Waals surface area (Å²) >= 11 is 0. The highest BCUT2D eigenvalue weighted by molar-refractivity contribution is 5.82. The number of amides is 1. The molecule has 0 spiro atoms. The molecule has 5 nitrogen and oxygen atoms in total. The number of rotatable bonds is 6. The number of hydrogen-bond donors (Lipinski definition) is 1. The van der Waals surface area contributed by atoms with Crippen LogP contribution in [0.1, 0.15) is 39.5 Å². The molecule has 0 aromatic carbocycles. The smallest absolute Gasteiger partial charge is 0.239 e. The Hall–Kier alpha value is -0.650. The van der Waals surface area contributed by atoms with E-state index < -0.39 is 0 Å². The Bertz CT molecular complexity index is 319. The van der Waals surface area contributed by atoms with Gasteiger partial charge in [0.1, 0.15) is 0 Å². The molecule has 2 aliphatic heterocycles. The average Bonchev–Trinajstić information content (AvgIpc) is 2.55. The molecule has 2 atom stereocenters. The SMILES string of the molecule is CCOCCN1CCN(C(=O)[C@H]2CCCCN2)CC1CC. The maximum absolute atomic E-state index is 12.6. The lowest BCUT2D eigenvalue weighted by Crippen LogP contribution is -2.58. The predicted molar refractivity (Wildman–Crippen MR) is 84.4 cm³/mol. The number of piperazine rings is 1. The highest BCUT2D eigenvalue weighted by Gasteiger charge is 2.32. The van der Waals surface area contributed by atoms with Crippen LogP contribution >= 0.6 is 0 Å². The van der Waals surface area contributed by atoms with Crippen LogP contribution in [0.3, 0.4) is 0 Å². The van der Waals surface area contributed by atoms with Gasteiger partial charge in [-0.1, -0.05) is 13.3 Å². The third-order valence-electron chi connectivity index (χ3n) is 4.72. The fourth-order valence-corrected chi connectivity index (χ4v) is 3.38. The van der Waals surface area contributed by atoms with Crippen molar-refractivity contribution in [1.29, 1.82) is 0 Å². The van der Waals surface area contributed by atoms with E-state index in [1.54, 1.807) is 0 Å². The molecule has 1 unspecified atom stereocenters. The molecule has 0 aromatic heterocycles. The lowest BCUT2D eigenvalue weighted by molar-refractivity contribution is -0.137. The van der Waals surface area contributed by atoms with Crippen molar-refractivity contribution in [1.82, 2.24) is 15.1 Å². The highest BCUT2D eigenvalue weighted by atomic mass is 16.5. The van der Waals surface area contributed by atoms with Crippen LogP contribution in [-0.4, -0.2) is 73.7 Å². The summed E-state index contributed by atoms with van der Waals surface area (Å²) in [5, 5.41) is 3.38. The second-order valence-electron chi connectivity index (χ2n) is 6.08. The molecule has 1 N–H and O–H groups in total. The molecule has 2 aliphatic rings. The van der Waals surface area contributed by atoms with Gasteiger partial charge in [0.2, 0.25) is 5.91 Å². The van der Waals surface area contributed by atoms with Crippen LogP contribution in [0.25, 0.3) is 0 Å². The van der Waals surface area contributed by atoms with Gasteiger partial charge in [0.05, 0.1) is 12.6 Å². The maximum Gasteiger partial charge on any atom is 0.239 e. The van der Waals surface area contributed by atoms with Gasteiger partial charge in [-0.05, 0) is 32.7 Å². The molecule has 0 saturated carbocycles. The van der Waals surface area contributed by atoms with Crippen LogP contribution < -0.4 is 5.32 Å². The van der Waals surface area contributed by atoms with Crippen LogP contribution in [-0.2, 0) is 9.53 Å². The maximum atomic E-state index is 12.6. The number of nitrogens with one attached hydrogen (secondary N) is 1. The van der Waals surface area contributed by atoms with Gasteiger partial charge >= 0.3 is 0 Å². The lowest BCUT2D eigenvalue weighted by Gasteiger charge is -2.42. The van der Waals surface area contributed by atoms with Crippen LogP contribution in [0.5, 0.6) is 0 Å². The normalized spacial score (nSPS) is 27.8. The van der Waals surface area contributed by atoms with E-state index in [1.807, 2.05) is 6.92 Å². The summed E-state index contributed by atoms with van der Waals surface area (Å²) in [5.74, 6) is 0.317. The van der Waals surface area contributed by atoms with Crippen molar-refractivity contribution in [2.24, 2.45) is 0 Å². The molecule has 122 valence electrons. The van der Waals surface area contributed by atoms with E-state index in [2.05, 4.69) is 22.0 Å². The van der Waals surface area contributed by atoms with Gasteiger partial charge in [0.15, 0.2) is 0 Å². The zero-order valence-corrected chi connectivity index (χ0v) is 13.6. The molecule has 0 aromatic rings. The van der Waals surface area contributed by atoms with Crippen molar-refractivity contribution < 1.29 is 9.53 Å². The number of nitrogens with zero attached hydrogens (tertiary/aromatic N) is 2. The van der Waals surface area contributed by atoms with E-state index in [9.17, 15) is 4.79 Å². The second kappa shape index (κ2) is 8.71. The summed E-state index contributed by atoms with van der Waals surface area (Å²) in [5.41, 5.74) is 0. The molecule has 2 heterocycles. The summed E-state index contributed by atoms with van der Waals surface area (Å²) in [6.45, 7) is 10.5. The molecular formula is C16H31N3O2. The van der Waals surface area contributed by atoms with Gasteiger partial charge in [-0.2, -0.15) is 0 Å². The number of carbonyl (C=O) groups is 1. The van der Waals surface area contributed by atoms with E-state index in [4.69, 9.17) is 4.74 Å². The number of ether oxygens (including phenoxy) is 1. The average molecular weight is 297 g/mol. The Kier molecular flexibility index (Phi) is 6.93.